The molecule has 0 aliphatic rings. The molecule has 98 valence electrons. The molecule has 0 saturated heterocycles. The molecule has 0 radical (unpaired) electrons. The second kappa shape index (κ2) is 5.33. The SMILES string of the molecule is CC(=O)C(Cc1ccccc1C(F)(F)F)C(C)=O. The molecule has 0 aliphatic heterocycles. The number of carbonyl (C=O) groups excluding carboxylic acids is 2. The zero-order chi connectivity index (χ0) is 13.9. The van der Waals surface area contributed by atoms with Crippen molar-refractivity contribution in [1.82, 2.24) is 0 Å². The normalized spacial score (nSPS) is 11.7. The number of hydrogen-bond acceptors (Lipinski definition) is 2. The van der Waals surface area contributed by atoms with Crippen LogP contribution in [0.15, 0.2) is 24.3 Å². The average Bonchev–Trinajstić information content (AvgIpc) is 2.24. The monoisotopic (exact) mass is 258 g/mol. The van der Waals surface area contributed by atoms with E-state index in [1.54, 1.807) is 0 Å². The zero-order valence-corrected chi connectivity index (χ0v) is 10.0. The van der Waals surface area contributed by atoms with Crippen molar-refractivity contribution in [3.63, 3.8) is 0 Å². The van der Waals surface area contributed by atoms with Crippen LogP contribution in [0.4, 0.5) is 13.2 Å². The van der Waals surface area contributed by atoms with Crippen molar-refractivity contribution in [2.45, 2.75) is 26.4 Å². The highest BCUT2D eigenvalue weighted by Crippen LogP contribution is 2.33. The van der Waals surface area contributed by atoms with Gasteiger partial charge in [-0.1, -0.05) is 18.2 Å². The van der Waals surface area contributed by atoms with E-state index in [1.165, 1.54) is 32.0 Å². The van der Waals surface area contributed by atoms with Crippen molar-refractivity contribution in [3.8, 4) is 0 Å². The maximum absolute atomic E-state index is 12.7. The van der Waals surface area contributed by atoms with Gasteiger partial charge in [-0.3, -0.25) is 9.59 Å². The number of halogens is 3. The molecule has 0 aromatic heterocycles. The van der Waals surface area contributed by atoms with Crippen LogP contribution in [0.25, 0.3) is 0 Å². The molecule has 0 fully saturated rings. The summed E-state index contributed by atoms with van der Waals surface area (Å²) in [7, 11) is 0. The van der Waals surface area contributed by atoms with Crippen molar-refractivity contribution in [2.24, 2.45) is 5.92 Å². The van der Waals surface area contributed by atoms with Crippen molar-refractivity contribution in [1.29, 1.82) is 0 Å². The minimum Gasteiger partial charge on any atom is -0.299 e. The summed E-state index contributed by atoms with van der Waals surface area (Å²) in [5.74, 6) is -1.84. The van der Waals surface area contributed by atoms with E-state index in [-0.39, 0.29) is 12.0 Å². The third-order valence-corrected chi connectivity index (χ3v) is 2.73. The number of benzene rings is 1. The van der Waals surface area contributed by atoms with E-state index in [9.17, 15) is 22.8 Å². The van der Waals surface area contributed by atoms with Gasteiger partial charge in [0.1, 0.15) is 11.6 Å². The van der Waals surface area contributed by atoms with Crippen LogP contribution in [0.2, 0.25) is 0 Å². The lowest BCUT2D eigenvalue weighted by Gasteiger charge is -2.15. The minimum atomic E-state index is -4.48. The molecule has 0 N–H and O–H groups in total. The summed E-state index contributed by atoms with van der Waals surface area (Å²) in [6, 6.07) is 4.99. The maximum Gasteiger partial charge on any atom is 0.416 e. The van der Waals surface area contributed by atoms with E-state index in [0.717, 1.165) is 6.07 Å². The van der Waals surface area contributed by atoms with Gasteiger partial charge in [-0.05, 0) is 31.9 Å². The maximum atomic E-state index is 12.7. The quantitative estimate of drug-likeness (QED) is 0.778. The van der Waals surface area contributed by atoms with Gasteiger partial charge in [0.25, 0.3) is 0 Å². The summed E-state index contributed by atoms with van der Waals surface area (Å²) in [6.45, 7) is 2.42. The summed E-state index contributed by atoms with van der Waals surface area (Å²) >= 11 is 0. The summed E-state index contributed by atoms with van der Waals surface area (Å²) in [5, 5.41) is 0. The van der Waals surface area contributed by atoms with Gasteiger partial charge in [-0.25, -0.2) is 0 Å². The van der Waals surface area contributed by atoms with Crippen molar-refractivity contribution >= 4 is 11.6 Å². The molecule has 0 unspecified atom stereocenters. The summed E-state index contributed by atoms with van der Waals surface area (Å²) in [6.07, 6.45) is -4.69. The molecule has 0 bridgehead atoms. The highest BCUT2D eigenvalue weighted by atomic mass is 19.4. The van der Waals surface area contributed by atoms with Gasteiger partial charge >= 0.3 is 6.18 Å². The molecule has 0 atom stereocenters. The van der Waals surface area contributed by atoms with Gasteiger partial charge in [0, 0.05) is 0 Å². The number of carbonyl (C=O) groups is 2. The van der Waals surface area contributed by atoms with Crippen LogP contribution in [0.5, 0.6) is 0 Å². The molecule has 2 nitrogen and oxygen atoms in total. The topological polar surface area (TPSA) is 34.1 Å². The summed E-state index contributed by atoms with van der Waals surface area (Å²) in [5.41, 5.74) is -0.821. The van der Waals surface area contributed by atoms with Gasteiger partial charge in [0.15, 0.2) is 0 Å². The first-order valence-corrected chi connectivity index (χ1v) is 5.39. The van der Waals surface area contributed by atoms with Gasteiger partial charge < -0.3 is 0 Å². The van der Waals surface area contributed by atoms with Crippen LogP contribution in [0.1, 0.15) is 25.0 Å². The van der Waals surface area contributed by atoms with Crippen molar-refractivity contribution in [3.05, 3.63) is 35.4 Å². The van der Waals surface area contributed by atoms with E-state index in [1.807, 2.05) is 0 Å². The van der Waals surface area contributed by atoms with E-state index in [4.69, 9.17) is 0 Å². The Balaban J connectivity index is 3.11. The van der Waals surface area contributed by atoms with E-state index < -0.39 is 29.2 Å². The Hall–Kier alpha value is -1.65. The second-order valence-corrected chi connectivity index (χ2v) is 4.13. The van der Waals surface area contributed by atoms with Crippen LogP contribution >= 0.6 is 0 Å². The van der Waals surface area contributed by atoms with Gasteiger partial charge in [-0.2, -0.15) is 13.2 Å². The molecular weight excluding hydrogens is 245 g/mol. The highest BCUT2D eigenvalue weighted by Gasteiger charge is 2.34. The van der Waals surface area contributed by atoms with Gasteiger partial charge in [-0.15, -0.1) is 0 Å². The van der Waals surface area contributed by atoms with Crippen LogP contribution < -0.4 is 0 Å². The van der Waals surface area contributed by atoms with Crippen LogP contribution in [-0.2, 0) is 22.2 Å². The molecule has 1 aromatic carbocycles. The zero-order valence-electron chi connectivity index (χ0n) is 10.0. The van der Waals surface area contributed by atoms with Gasteiger partial charge in [0.2, 0.25) is 0 Å². The van der Waals surface area contributed by atoms with Crippen molar-refractivity contribution < 1.29 is 22.8 Å². The lowest BCUT2D eigenvalue weighted by Crippen LogP contribution is -2.23. The predicted molar refractivity (Wildman–Crippen MR) is 60.0 cm³/mol. The number of Topliss-reactive ketones (excluding diaryl/α,β-unsaturated/α-hetero) is 2. The second-order valence-electron chi connectivity index (χ2n) is 4.13. The van der Waals surface area contributed by atoms with Crippen LogP contribution in [0.3, 0.4) is 0 Å². The summed E-state index contributed by atoms with van der Waals surface area (Å²) in [4.78, 5) is 22.5. The molecule has 5 heteroatoms. The number of alkyl halides is 3. The Morgan fingerprint density at radius 1 is 1.11 bits per heavy atom. The fraction of sp³-hybridized carbons (Fsp3) is 0.385. The Kier molecular flexibility index (Phi) is 4.27. The first-order valence-electron chi connectivity index (χ1n) is 5.39. The predicted octanol–water partition coefficient (Wildman–Crippen LogP) is 3.04. The van der Waals surface area contributed by atoms with Crippen molar-refractivity contribution in [2.75, 3.05) is 0 Å². The smallest absolute Gasteiger partial charge is 0.299 e. The Labute approximate surface area is 103 Å². The first-order chi connectivity index (χ1) is 8.23. The summed E-state index contributed by atoms with van der Waals surface area (Å²) < 4.78 is 38.2. The third kappa shape index (κ3) is 3.42. The van der Waals surface area contributed by atoms with E-state index in [0.29, 0.717) is 0 Å². The first kappa shape index (κ1) is 14.4. The Morgan fingerprint density at radius 3 is 2.06 bits per heavy atom. The molecule has 0 saturated carbocycles. The molecule has 0 aliphatic carbocycles. The van der Waals surface area contributed by atoms with E-state index >= 15 is 0 Å². The minimum absolute atomic E-state index is 0.0274. The Morgan fingerprint density at radius 2 is 1.61 bits per heavy atom. The standard InChI is InChI=1S/C13H13F3O2/c1-8(17)11(9(2)18)7-10-5-3-4-6-12(10)13(14,15)16/h3-6,11H,7H2,1-2H3. The average molecular weight is 258 g/mol. The van der Waals surface area contributed by atoms with Crippen LogP contribution in [-0.4, -0.2) is 11.6 Å². The van der Waals surface area contributed by atoms with E-state index in [2.05, 4.69) is 0 Å². The molecule has 1 rings (SSSR count). The number of ketones is 2. The fourth-order valence-corrected chi connectivity index (χ4v) is 1.77. The molecule has 0 spiro atoms. The van der Waals surface area contributed by atoms with Crippen LogP contribution in [0, 0.1) is 5.92 Å². The number of hydrogen-bond donors (Lipinski definition) is 0. The molecule has 0 heterocycles. The third-order valence-electron chi connectivity index (χ3n) is 2.73. The Bertz CT molecular complexity index is 450. The van der Waals surface area contributed by atoms with Gasteiger partial charge in [0.05, 0.1) is 11.5 Å². The molecular formula is C13H13F3O2. The highest BCUT2D eigenvalue weighted by molar-refractivity contribution is 6.00. The largest absolute Gasteiger partial charge is 0.416 e. The molecule has 0 amide bonds. The molecule has 1 aromatic rings. The fourth-order valence-electron chi connectivity index (χ4n) is 1.77. The lowest BCUT2D eigenvalue weighted by atomic mass is 9.90. The number of rotatable bonds is 4. The lowest BCUT2D eigenvalue weighted by molar-refractivity contribution is -0.139. The molecule has 18 heavy (non-hydrogen) atoms.